The summed E-state index contributed by atoms with van der Waals surface area (Å²) in [5.74, 6) is 0. The summed E-state index contributed by atoms with van der Waals surface area (Å²) in [6.07, 6.45) is 0. The van der Waals surface area contributed by atoms with Crippen molar-refractivity contribution in [1.82, 2.24) is 4.98 Å². The zero-order valence-corrected chi connectivity index (χ0v) is 7.98. The number of aromatic nitrogens is 1. The van der Waals surface area contributed by atoms with E-state index in [0.29, 0.717) is 0 Å². The SMILES string of the molecule is CC(C)(C)C(N)c1cscn1. The molecule has 1 atom stereocenters. The van der Waals surface area contributed by atoms with Crippen LogP contribution in [0.15, 0.2) is 10.9 Å². The molecule has 11 heavy (non-hydrogen) atoms. The van der Waals surface area contributed by atoms with Gasteiger partial charge in [-0.05, 0) is 5.41 Å². The van der Waals surface area contributed by atoms with Gasteiger partial charge in [-0.3, -0.25) is 0 Å². The maximum absolute atomic E-state index is 5.96. The first-order valence-corrected chi connectivity index (χ1v) is 4.60. The second-order valence-corrected chi connectivity index (χ2v) is 4.48. The molecule has 2 nitrogen and oxygen atoms in total. The van der Waals surface area contributed by atoms with Crippen molar-refractivity contribution in [3.63, 3.8) is 0 Å². The van der Waals surface area contributed by atoms with Crippen molar-refractivity contribution >= 4 is 11.3 Å². The molecule has 0 fully saturated rings. The van der Waals surface area contributed by atoms with Crippen LogP contribution in [0.1, 0.15) is 32.5 Å². The minimum absolute atomic E-state index is 0.0498. The second kappa shape index (κ2) is 2.91. The van der Waals surface area contributed by atoms with Crippen molar-refractivity contribution in [2.24, 2.45) is 11.1 Å². The van der Waals surface area contributed by atoms with Crippen LogP contribution in [0.25, 0.3) is 0 Å². The van der Waals surface area contributed by atoms with Crippen molar-refractivity contribution in [2.45, 2.75) is 26.8 Å². The lowest BCUT2D eigenvalue weighted by Crippen LogP contribution is -2.26. The Balaban J connectivity index is 2.78. The Hall–Kier alpha value is -0.410. The van der Waals surface area contributed by atoms with Gasteiger partial charge in [-0.25, -0.2) is 4.98 Å². The average Bonchev–Trinajstić information content (AvgIpc) is 2.34. The van der Waals surface area contributed by atoms with E-state index < -0.39 is 0 Å². The van der Waals surface area contributed by atoms with E-state index in [9.17, 15) is 0 Å². The molecule has 0 aromatic carbocycles. The number of hydrogen-bond donors (Lipinski definition) is 1. The highest BCUT2D eigenvalue weighted by atomic mass is 32.1. The van der Waals surface area contributed by atoms with Crippen molar-refractivity contribution in [1.29, 1.82) is 0 Å². The van der Waals surface area contributed by atoms with Crippen LogP contribution in [0.4, 0.5) is 0 Å². The normalized spacial score (nSPS) is 14.9. The van der Waals surface area contributed by atoms with Crippen LogP contribution in [0.5, 0.6) is 0 Å². The fourth-order valence-electron chi connectivity index (χ4n) is 0.819. The van der Waals surface area contributed by atoms with Crippen molar-refractivity contribution in [2.75, 3.05) is 0 Å². The molecule has 1 aromatic heterocycles. The number of thiazole rings is 1. The van der Waals surface area contributed by atoms with Crippen molar-refractivity contribution in [3.05, 3.63) is 16.6 Å². The van der Waals surface area contributed by atoms with Crippen LogP contribution >= 0.6 is 11.3 Å². The molecule has 1 heterocycles. The molecule has 0 saturated heterocycles. The van der Waals surface area contributed by atoms with E-state index in [1.54, 1.807) is 11.3 Å². The lowest BCUT2D eigenvalue weighted by molar-refractivity contribution is 0.322. The standard InChI is InChI=1S/C8H14N2S/c1-8(2,3)7(9)6-4-11-5-10-6/h4-5,7H,9H2,1-3H3. The summed E-state index contributed by atoms with van der Waals surface area (Å²) in [4.78, 5) is 4.18. The van der Waals surface area contributed by atoms with Crippen molar-refractivity contribution < 1.29 is 0 Å². The van der Waals surface area contributed by atoms with Gasteiger partial charge in [0.2, 0.25) is 0 Å². The highest BCUT2D eigenvalue weighted by molar-refractivity contribution is 7.07. The zero-order valence-electron chi connectivity index (χ0n) is 7.16. The molecule has 0 aliphatic carbocycles. The fraction of sp³-hybridized carbons (Fsp3) is 0.625. The minimum Gasteiger partial charge on any atom is -0.322 e. The molecule has 62 valence electrons. The molecular formula is C8H14N2S. The molecule has 0 spiro atoms. The molecule has 0 aliphatic rings. The predicted molar refractivity (Wildman–Crippen MR) is 48.5 cm³/mol. The van der Waals surface area contributed by atoms with Gasteiger partial charge in [-0.15, -0.1) is 11.3 Å². The third-order valence-electron chi connectivity index (χ3n) is 1.70. The first-order chi connectivity index (χ1) is 5.02. The third kappa shape index (κ3) is 2.01. The molecule has 0 amide bonds. The first kappa shape index (κ1) is 8.68. The molecule has 1 aromatic rings. The van der Waals surface area contributed by atoms with Gasteiger partial charge < -0.3 is 5.73 Å². The van der Waals surface area contributed by atoms with Gasteiger partial charge in [-0.2, -0.15) is 0 Å². The zero-order chi connectivity index (χ0) is 8.48. The first-order valence-electron chi connectivity index (χ1n) is 3.65. The number of nitrogens with two attached hydrogens (primary N) is 1. The van der Waals surface area contributed by atoms with Gasteiger partial charge in [-0.1, -0.05) is 20.8 Å². The molecule has 0 bridgehead atoms. The Kier molecular flexibility index (Phi) is 2.30. The predicted octanol–water partition coefficient (Wildman–Crippen LogP) is 2.19. The lowest BCUT2D eigenvalue weighted by atomic mass is 9.86. The van der Waals surface area contributed by atoms with E-state index >= 15 is 0 Å². The van der Waals surface area contributed by atoms with Crippen LogP contribution in [-0.2, 0) is 0 Å². The van der Waals surface area contributed by atoms with Gasteiger partial charge in [0.25, 0.3) is 0 Å². The number of nitrogens with zero attached hydrogens (tertiary/aromatic N) is 1. The quantitative estimate of drug-likeness (QED) is 0.701. The highest BCUT2D eigenvalue weighted by Gasteiger charge is 2.23. The smallest absolute Gasteiger partial charge is 0.0795 e. The van der Waals surface area contributed by atoms with E-state index in [4.69, 9.17) is 5.73 Å². The van der Waals surface area contributed by atoms with Gasteiger partial charge >= 0.3 is 0 Å². The largest absolute Gasteiger partial charge is 0.322 e. The van der Waals surface area contributed by atoms with E-state index in [0.717, 1.165) is 5.69 Å². The molecule has 0 radical (unpaired) electrons. The van der Waals surface area contributed by atoms with Gasteiger partial charge in [0.05, 0.1) is 17.2 Å². The van der Waals surface area contributed by atoms with Gasteiger partial charge in [0.15, 0.2) is 0 Å². The molecule has 0 aliphatic heterocycles. The Bertz CT molecular complexity index is 210. The van der Waals surface area contributed by atoms with E-state index in [1.807, 2.05) is 10.9 Å². The Morgan fingerprint density at radius 3 is 2.55 bits per heavy atom. The van der Waals surface area contributed by atoms with Crippen molar-refractivity contribution in [3.8, 4) is 0 Å². The molecule has 3 heteroatoms. The Morgan fingerprint density at radius 1 is 1.55 bits per heavy atom. The summed E-state index contributed by atoms with van der Waals surface area (Å²) in [6, 6.07) is 0.0498. The summed E-state index contributed by atoms with van der Waals surface area (Å²) in [5.41, 5.74) is 8.89. The van der Waals surface area contributed by atoms with E-state index in [-0.39, 0.29) is 11.5 Å². The minimum atomic E-state index is 0.0498. The fourth-order valence-corrected chi connectivity index (χ4v) is 1.41. The second-order valence-electron chi connectivity index (χ2n) is 3.76. The summed E-state index contributed by atoms with van der Waals surface area (Å²) >= 11 is 1.59. The Labute approximate surface area is 71.5 Å². The average molecular weight is 170 g/mol. The number of rotatable bonds is 1. The Morgan fingerprint density at radius 2 is 2.18 bits per heavy atom. The topological polar surface area (TPSA) is 38.9 Å². The lowest BCUT2D eigenvalue weighted by Gasteiger charge is -2.25. The van der Waals surface area contributed by atoms with Crippen LogP contribution in [0.2, 0.25) is 0 Å². The van der Waals surface area contributed by atoms with Gasteiger partial charge in [0, 0.05) is 5.38 Å². The maximum atomic E-state index is 5.96. The van der Waals surface area contributed by atoms with Crippen LogP contribution in [0.3, 0.4) is 0 Å². The van der Waals surface area contributed by atoms with E-state index in [1.165, 1.54) is 0 Å². The molecule has 1 rings (SSSR count). The summed E-state index contributed by atoms with van der Waals surface area (Å²) < 4.78 is 0. The van der Waals surface area contributed by atoms with Gasteiger partial charge in [0.1, 0.15) is 0 Å². The summed E-state index contributed by atoms with van der Waals surface area (Å²) in [5, 5.41) is 2.01. The van der Waals surface area contributed by atoms with Crippen LogP contribution in [-0.4, -0.2) is 4.98 Å². The monoisotopic (exact) mass is 170 g/mol. The summed E-state index contributed by atoms with van der Waals surface area (Å²) in [7, 11) is 0. The van der Waals surface area contributed by atoms with Crippen LogP contribution in [0, 0.1) is 5.41 Å². The maximum Gasteiger partial charge on any atom is 0.0795 e. The molecule has 1 unspecified atom stereocenters. The summed E-state index contributed by atoms with van der Waals surface area (Å²) in [6.45, 7) is 6.37. The molecular weight excluding hydrogens is 156 g/mol. The molecule has 0 saturated carbocycles. The third-order valence-corrected chi connectivity index (χ3v) is 2.31. The molecule has 2 N–H and O–H groups in total. The van der Waals surface area contributed by atoms with E-state index in [2.05, 4.69) is 25.8 Å². The van der Waals surface area contributed by atoms with Crippen LogP contribution < -0.4 is 5.73 Å². The highest BCUT2D eigenvalue weighted by Crippen LogP contribution is 2.29. The number of hydrogen-bond acceptors (Lipinski definition) is 3.